The number of hydrogen-bond acceptors (Lipinski definition) is 2. The first-order chi connectivity index (χ1) is 7.81. The highest BCUT2D eigenvalue weighted by Gasteiger charge is 2.20. The van der Waals surface area contributed by atoms with Gasteiger partial charge in [-0.1, -0.05) is 30.7 Å². The van der Waals surface area contributed by atoms with E-state index in [9.17, 15) is 0 Å². The van der Waals surface area contributed by atoms with Crippen LogP contribution in [0.15, 0.2) is 24.3 Å². The summed E-state index contributed by atoms with van der Waals surface area (Å²) >= 11 is 6.04. The molecule has 1 aliphatic heterocycles. The van der Waals surface area contributed by atoms with Gasteiger partial charge in [0.05, 0.1) is 13.2 Å². The zero-order valence-corrected chi connectivity index (χ0v) is 11.6. The van der Waals surface area contributed by atoms with Gasteiger partial charge in [-0.05, 0) is 24.1 Å². The van der Waals surface area contributed by atoms with Gasteiger partial charge in [0.15, 0.2) is 0 Å². The van der Waals surface area contributed by atoms with Crippen molar-refractivity contribution < 1.29 is 4.74 Å². The molecular formula is C13H19Cl2NO. The highest BCUT2D eigenvalue weighted by atomic mass is 35.5. The second-order valence-corrected chi connectivity index (χ2v) is 4.56. The Morgan fingerprint density at radius 3 is 2.65 bits per heavy atom. The molecule has 1 unspecified atom stereocenters. The molecule has 0 spiro atoms. The van der Waals surface area contributed by atoms with Gasteiger partial charge in [-0.3, -0.25) is 4.90 Å². The lowest BCUT2D eigenvalue weighted by molar-refractivity contribution is 0.0152. The summed E-state index contributed by atoms with van der Waals surface area (Å²) in [5.74, 6) is 0. The molecule has 0 aromatic heterocycles. The fourth-order valence-corrected chi connectivity index (χ4v) is 2.51. The van der Waals surface area contributed by atoms with E-state index >= 15 is 0 Å². The Labute approximate surface area is 114 Å². The molecule has 4 heteroatoms. The van der Waals surface area contributed by atoms with Gasteiger partial charge in [-0.25, -0.2) is 0 Å². The normalized spacial score (nSPS) is 18.5. The van der Waals surface area contributed by atoms with Gasteiger partial charge in [-0.2, -0.15) is 0 Å². The number of morpholine rings is 1. The van der Waals surface area contributed by atoms with E-state index in [1.165, 1.54) is 5.56 Å². The number of halogens is 2. The number of hydrogen-bond donors (Lipinski definition) is 0. The maximum Gasteiger partial charge on any atom is 0.0594 e. The Morgan fingerprint density at radius 2 is 2.06 bits per heavy atom. The Balaban J connectivity index is 0.00000144. The highest BCUT2D eigenvalue weighted by molar-refractivity contribution is 6.30. The van der Waals surface area contributed by atoms with Crippen molar-refractivity contribution >= 4 is 24.0 Å². The molecule has 1 saturated heterocycles. The van der Waals surface area contributed by atoms with Gasteiger partial charge >= 0.3 is 0 Å². The summed E-state index contributed by atoms with van der Waals surface area (Å²) in [6.45, 7) is 5.95. The summed E-state index contributed by atoms with van der Waals surface area (Å²) < 4.78 is 5.39. The third-order valence-corrected chi connectivity index (χ3v) is 3.34. The van der Waals surface area contributed by atoms with Crippen LogP contribution in [-0.2, 0) is 4.74 Å². The van der Waals surface area contributed by atoms with Crippen LogP contribution in [0.2, 0.25) is 5.02 Å². The predicted molar refractivity (Wildman–Crippen MR) is 74.1 cm³/mol. The molecule has 0 amide bonds. The predicted octanol–water partition coefficient (Wildman–Crippen LogP) is 3.55. The molecule has 1 aromatic carbocycles. The van der Waals surface area contributed by atoms with E-state index in [0.717, 1.165) is 37.7 Å². The topological polar surface area (TPSA) is 12.5 Å². The SMILES string of the molecule is CCC(c1cccc(Cl)c1)N1CCOCC1.Cl. The van der Waals surface area contributed by atoms with Crippen LogP contribution < -0.4 is 0 Å². The maximum absolute atomic E-state index is 6.04. The van der Waals surface area contributed by atoms with Gasteiger partial charge in [-0.15, -0.1) is 12.4 Å². The number of nitrogens with zero attached hydrogens (tertiary/aromatic N) is 1. The summed E-state index contributed by atoms with van der Waals surface area (Å²) in [6.07, 6.45) is 1.11. The average molecular weight is 276 g/mol. The van der Waals surface area contributed by atoms with E-state index in [0.29, 0.717) is 6.04 Å². The van der Waals surface area contributed by atoms with Gasteiger partial charge < -0.3 is 4.74 Å². The molecule has 1 fully saturated rings. The lowest BCUT2D eigenvalue weighted by Crippen LogP contribution is -2.38. The molecule has 1 heterocycles. The maximum atomic E-state index is 6.04. The first-order valence-electron chi connectivity index (χ1n) is 5.88. The van der Waals surface area contributed by atoms with Gasteiger partial charge in [0.25, 0.3) is 0 Å². The van der Waals surface area contributed by atoms with Crippen molar-refractivity contribution in [3.8, 4) is 0 Å². The summed E-state index contributed by atoms with van der Waals surface area (Å²) in [4.78, 5) is 2.48. The molecule has 1 atom stereocenters. The molecule has 2 rings (SSSR count). The minimum absolute atomic E-state index is 0. The van der Waals surface area contributed by atoms with Gasteiger partial charge in [0.1, 0.15) is 0 Å². The Morgan fingerprint density at radius 1 is 1.35 bits per heavy atom. The minimum Gasteiger partial charge on any atom is -0.379 e. The third-order valence-electron chi connectivity index (χ3n) is 3.11. The molecule has 0 bridgehead atoms. The number of ether oxygens (including phenoxy) is 1. The Bertz CT molecular complexity index is 340. The second-order valence-electron chi connectivity index (χ2n) is 4.13. The Hall–Kier alpha value is -0.280. The zero-order chi connectivity index (χ0) is 11.4. The van der Waals surface area contributed by atoms with Crippen molar-refractivity contribution in [1.29, 1.82) is 0 Å². The van der Waals surface area contributed by atoms with Crippen molar-refractivity contribution in [2.24, 2.45) is 0 Å². The van der Waals surface area contributed by atoms with Crippen molar-refractivity contribution in [2.45, 2.75) is 19.4 Å². The van der Waals surface area contributed by atoms with E-state index < -0.39 is 0 Å². The summed E-state index contributed by atoms with van der Waals surface area (Å²) in [7, 11) is 0. The fraction of sp³-hybridized carbons (Fsp3) is 0.538. The molecule has 0 radical (unpaired) electrons. The van der Waals surface area contributed by atoms with Crippen LogP contribution in [0.3, 0.4) is 0 Å². The second kappa shape index (κ2) is 7.22. The van der Waals surface area contributed by atoms with Crippen LogP contribution in [0.4, 0.5) is 0 Å². The monoisotopic (exact) mass is 275 g/mol. The van der Waals surface area contributed by atoms with E-state index in [1.54, 1.807) is 0 Å². The number of rotatable bonds is 3. The van der Waals surface area contributed by atoms with Gasteiger partial charge in [0.2, 0.25) is 0 Å². The highest BCUT2D eigenvalue weighted by Crippen LogP contribution is 2.26. The van der Waals surface area contributed by atoms with Crippen LogP contribution in [0, 0.1) is 0 Å². The standard InChI is InChI=1S/C13H18ClNO.ClH/c1-2-13(15-6-8-16-9-7-15)11-4-3-5-12(14)10-11;/h3-5,10,13H,2,6-9H2,1H3;1H. The van der Waals surface area contributed by atoms with Crippen LogP contribution in [0.25, 0.3) is 0 Å². The quantitative estimate of drug-likeness (QED) is 0.837. The molecule has 0 saturated carbocycles. The largest absolute Gasteiger partial charge is 0.379 e. The molecule has 1 aliphatic rings. The smallest absolute Gasteiger partial charge is 0.0594 e. The molecule has 96 valence electrons. The van der Waals surface area contributed by atoms with Crippen molar-refractivity contribution in [2.75, 3.05) is 26.3 Å². The van der Waals surface area contributed by atoms with E-state index in [2.05, 4.69) is 24.0 Å². The van der Waals surface area contributed by atoms with E-state index in [4.69, 9.17) is 16.3 Å². The van der Waals surface area contributed by atoms with E-state index in [1.807, 2.05) is 12.1 Å². The first kappa shape index (κ1) is 14.8. The minimum atomic E-state index is 0. The summed E-state index contributed by atoms with van der Waals surface area (Å²) in [6, 6.07) is 8.67. The summed E-state index contributed by atoms with van der Waals surface area (Å²) in [5, 5.41) is 0.823. The average Bonchev–Trinajstić information content (AvgIpc) is 2.31. The van der Waals surface area contributed by atoms with Crippen LogP contribution in [-0.4, -0.2) is 31.2 Å². The molecule has 17 heavy (non-hydrogen) atoms. The molecule has 2 nitrogen and oxygen atoms in total. The molecule has 1 aromatic rings. The van der Waals surface area contributed by atoms with Crippen molar-refractivity contribution in [3.63, 3.8) is 0 Å². The van der Waals surface area contributed by atoms with Crippen molar-refractivity contribution in [1.82, 2.24) is 4.90 Å². The molecular weight excluding hydrogens is 257 g/mol. The fourth-order valence-electron chi connectivity index (χ4n) is 2.31. The van der Waals surface area contributed by atoms with Crippen LogP contribution in [0.5, 0.6) is 0 Å². The molecule has 0 aliphatic carbocycles. The number of benzene rings is 1. The van der Waals surface area contributed by atoms with Crippen LogP contribution >= 0.6 is 24.0 Å². The summed E-state index contributed by atoms with van der Waals surface area (Å²) in [5.41, 5.74) is 1.32. The lowest BCUT2D eigenvalue weighted by atomic mass is 10.0. The Kier molecular flexibility index (Phi) is 6.28. The van der Waals surface area contributed by atoms with Gasteiger partial charge in [0, 0.05) is 24.2 Å². The molecule has 0 N–H and O–H groups in total. The lowest BCUT2D eigenvalue weighted by Gasteiger charge is -2.34. The van der Waals surface area contributed by atoms with Crippen LogP contribution in [0.1, 0.15) is 24.9 Å². The van der Waals surface area contributed by atoms with Crippen molar-refractivity contribution in [3.05, 3.63) is 34.9 Å². The first-order valence-corrected chi connectivity index (χ1v) is 6.26. The van der Waals surface area contributed by atoms with E-state index in [-0.39, 0.29) is 12.4 Å². The third kappa shape index (κ3) is 3.85. The zero-order valence-electron chi connectivity index (χ0n) is 10.1.